The first kappa shape index (κ1) is 15.4. The first-order chi connectivity index (χ1) is 10.3. The van der Waals surface area contributed by atoms with E-state index in [0.717, 1.165) is 29.0 Å². The lowest BCUT2D eigenvalue weighted by Crippen LogP contribution is -2.07. The highest BCUT2D eigenvalue weighted by molar-refractivity contribution is 5.48. The number of para-hydroxylation sites is 1. The molecule has 0 heterocycles. The molecule has 0 amide bonds. The summed E-state index contributed by atoms with van der Waals surface area (Å²) in [6, 6.07) is 16.1. The molecular formula is C18H23NO2. The zero-order chi connectivity index (χ0) is 15.1. The Labute approximate surface area is 126 Å². The van der Waals surface area contributed by atoms with Crippen molar-refractivity contribution in [3.8, 4) is 11.5 Å². The smallest absolute Gasteiger partial charge is 0.164 e. The Morgan fingerprint density at radius 2 is 1.81 bits per heavy atom. The van der Waals surface area contributed by atoms with Crippen molar-refractivity contribution in [2.45, 2.75) is 25.9 Å². The molecule has 0 saturated heterocycles. The number of benzene rings is 2. The fraction of sp³-hybridized carbons (Fsp3) is 0.333. The van der Waals surface area contributed by atoms with E-state index < -0.39 is 0 Å². The third-order valence-corrected chi connectivity index (χ3v) is 3.58. The summed E-state index contributed by atoms with van der Waals surface area (Å²) < 4.78 is 11.5. The maximum Gasteiger partial charge on any atom is 0.164 e. The zero-order valence-corrected chi connectivity index (χ0v) is 12.7. The molecule has 0 aromatic heterocycles. The van der Waals surface area contributed by atoms with Crippen molar-refractivity contribution < 1.29 is 9.47 Å². The lowest BCUT2D eigenvalue weighted by Gasteiger charge is -2.18. The summed E-state index contributed by atoms with van der Waals surface area (Å²) in [6.45, 7) is 3.36. The summed E-state index contributed by atoms with van der Waals surface area (Å²) in [7, 11) is 1.68. The van der Waals surface area contributed by atoms with Crippen LogP contribution in [0.2, 0.25) is 0 Å². The molecular weight excluding hydrogens is 262 g/mol. The van der Waals surface area contributed by atoms with Gasteiger partial charge >= 0.3 is 0 Å². The number of rotatable bonds is 7. The van der Waals surface area contributed by atoms with Gasteiger partial charge in [-0.3, -0.25) is 0 Å². The quantitative estimate of drug-likeness (QED) is 0.843. The van der Waals surface area contributed by atoms with Gasteiger partial charge in [-0.05, 0) is 30.5 Å². The molecule has 0 radical (unpaired) electrons. The minimum absolute atomic E-state index is 0.352. The van der Waals surface area contributed by atoms with Gasteiger partial charge in [0, 0.05) is 5.56 Å². The highest BCUT2D eigenvalue weighted by Gasteiger charge is 2.15. The van der Waals surface area contributed by atoms with Crippen LogP contribution in [-0.4, -0.2) is 13.7 Å². The van der Waals surface area contributed by atoms with Gasteiger partial charge in [0.15, 0.2) is 11.5 Å². The van der Waals surface area contributed by atoms with E-state index in [0.29, 0.717) is 19.1 Å². The fourth-order valence-corrected chi connectivity index (χ4v) is 2.39. The predicted molar refractivity (Wildman–Crippen MR) is 85.9 cm³/mol. The Bertz CT molecular complexity index is 554. The van der Waals surface area contributed by atoms with E-state index in [1.807, 2.05) is 42.5 Å². The molecule has 3 nitrogen and oxygen atoms in total. The zero-order valence-electron chi connectivity index (χ0n) is 12.7. The van der Waals surface area contributed by atoms with Crippen LogP contribution in [0.15, 0.2) is 48.5 Å². The molecule has 2 rings (SSSR count). The molecule has 21 heavy (non-hydrogen) atoms. The van der Waals surface area contributed by atoms with Gasteiger partial charge < -0.3 is 15.2 Å². The Morgan fingerprint density at radius 1 is 1.05 bits per heavy atom. The van der Waals surface area contributed by atoms with E-state index in [1.54, 1.807) is 7.11 Å². The van der Waals surface area contributed by atoms with Crippen LogP contribution in [0, 0.1) is 0 Å². The lowest BCUT2D eigenvalue weighted by atomic mass is 9.96. The van der Waals surface area contributed by atoms with Crippen molar-refractivity contribution in [3.63, 3.8) is 0 Å². The third-order valence-electron chi connectivity index (χ3n) is 3.58. The Morgan fingerprint density at radius 3 is 2.48 bits per heavy atom. The second-order valence-electron chi connectivity index (χ2n) is 5.13. The van der Waals surface area contributed by atoms with Crippen LogP contribution >= 0.6 is 0 Å². The second-order valence-corrected chi connectivity index (χ2v) is 5.13. The predicted octanol–water partition coefficient (Wildman–Crippen LogP) is 3.73. The fourth-order valence-electron chi connectivity index (χ4n) is 2.39. The Kier molecular flexibility index (Phi) is 5.64. The average molecular weight is 285 g/mol. The van der Waals surface area contributed by atoms with Gasteiger partial charge in [0.2, 0.25) is 0 Å². The topological polar surface area (TPSA) is 44.5 Å². The van der Waals surface area contributed by atoms with Crippen LogP contribution in [0.3, 0.4) is 0 Å². The monoisotopic (exact) mass is 285 g/mol. The molecule has 0 bridgehead atoms. The van der Waals surface area contributed by atoms with Crippen LogP contribution in [0.1, 0.15) is 30.4 Å². The van der Waals surface area contributed by atoms with Gasteiger partial charge in [-0.2, -0.15) is 0 Å². The molecule has 112 valence electrons. The van der Waals surface area contributed by atoms with E-state index in [1.165, 1.54) is 0 Å². The molecule has 2 aromatic carbocycles. The highest BCUT2D eigenvalue weighted by atomic mass is 16.5. The van der Waals surface area contributed by atoms with Crippen molar-refractivity contribution in [2.75, 3.05) is 13.7 Å². The first-order valence-electron chi connectivity index (χ1n) is 7.30. The summed E-state index contributed by atoms with van der Waals surface area (Å²) in [6.07, 6.45) is 0.929. The Balaban J connectivity index is 2.17. The molecule has 0 spiro atoms. The minimum Gasteiger partial charge on any atom is -0.493 e. The molecule has 0 saturated carbocycles. The molecule has 1 atom stereocenters. The summed E-state index contributed by atoms with van der Waals surface area (Å²) in [4.78, 5) is 0. The molecule has 2 N–H and O–H groups in total. The van der Waals surface area contributed by atoms with Gasteiger partial charge in [0.1, 0.15) is 6.61 Å². The minimum atomic E-state index is 0.352. The van der Waals surface area contributed by atoms with Crippen molar-refractivity contribution >= 4 is 0 Å². The van der Waals surface area contributed by atoms with Crippen LogP contribution in [-0.2, 0) is 6.61 Å². The molecule has 0 aliphatic heterocycles. The molecule has 3 heteroatoms. The Hall–Kier alpha value is -2.00. The van der Waals surface area contributed by atoms with E-state index in [4.69, 9.17) is 15.2 Å². The van der Waals surface area contributed by atoms with Gasteiger partial charge in [0.05, 0.1) is 7.11 Å². The van der Waals surface area contributed by atoms with Gasteiger partial charge in [0.25, 0.3) is 0 Å². The molecule has 0 aliphatic rings. The van der Waals surface area contributed by atoms with Gasteiger partial charge in [-0.1, -0.05) is 49.4 Å². The van der Waals surface area contributed by atoms with Crippen LogP contribution < -0.4 is 15.2 Å². The number of hydrogen-bond donors (Lipinski definition) is 1. The number of methoxy groups -OCH3 is 1. The van der Waals surface area contributed by atoms with Crippen LogP contribution in [0.4, 0.5) is 0 Å². The normalized spacial score (nSPS) is 12.0. The molecule has 1 unspecified atom stereocenters. The van der Waals surface area contributed by atoms with Gasteiger partial charge in [-0.25, -0.2) is 0 Å². The second kappa shape index (κ2) is 7.70. The summed E-state index contributed by atoms with van der Waals surface area (Å²) in [5, 5.41) is 0. The maximum atomic E-state index is 5.93. The largest absolute Gasteiger partial charge is 0.493 e. The lowest BCUT2D eigenvalue weighted by molar-refractivity contribution is 0.282. The van der Waals surface area contributed by atoms with Gasteiger partial charge in [-0.15, -0.1) is 0 Å². The summed E-state index contributed by atoms with van der Waals surface area (Å²) in [5.74, 6) is 1.95. The van der Waals surface area contributed by atoms with Crippen molar-refractivity contribution in [3.05, 3.63) is 59.7 Å². The first-order valence-corrected chi connectivity index (χ1v) is 7.30. The van der Waals surface area contributed by atoms with E-state index in [2.05, 4.69) is 13.0 Å². The summed E-state index contributed by atoms with van der Waals surface area (Å²) in [5.41, 5.74) is 7.94. The van der Waals surface area contributed by atoms with Crippen molar-refractivity contribution in [1.82, 2.24) is 0 Å². The number of ether oxygens (including phenoxy) is 2. The van der Waals surface area contributed by atoms with E-state index in [-0.39, 0.29) is 0 Å². The number of hydrogen-bond acceptors (Lipinski definition) is 3. The van der Waals surface area contributed by atoms with Crippen LogP contribution in [0.25, 0.3) is 0 Å². The molecule has 2 aromatic rings. The van der Waals surface area contributed by atoms with E-state index in [9.17, 15) is 0 Å². The number of nitrogens with two attached hydrogens (primary N) is 1. The molecule has 0 fully saturated rings. The average Bonchev–Trinajstić information content (AvgIpc) is 2.53. The van der Waals surface area contributed by atoms with E-state index >= 15 is 0 Å². The SMILES string of the molecule is COc1c(OCc2ccccc2)cccc1C(C)CCN. The van der Waals surface area contributed by atoms with Crippen LogP contribution in [0.5, 0.6) is 11.5 Å². The third kappa shape index (κ3) is 3.99. The molecule has 0 aliphatic carbocycles. The highest BCUT2D eigenvalue weighted by Crippen LogP contribution is 2.36. The van der Waals surface area contributed by atoms with Crippen molar-refractivity contribution in [2.24, 2.45) is 5.73 Å². The maximum absolute atomic E-state index is 5.93. The van der Waals surface area contributed by atoms with Crippen molar-refractivity contribution in [1.29, 1.82) is 0 Å². The standard InChI is InChI=1S/C18H23NO2/c1-14(11-12-19)16-9-6-10-17(18(16)20-2)21-13-15-7-4-3-5-8-15/h3-10,14H,11-13,19H2,1-2H3. The summed E-state index contributed by atoms with van der Waals surface area (Å²) >= 11 is 0.